The smallest absolute Gasteiger partial charge is 0.0236 e. The van der Waals surface area contributed by atoms with Gasteiger partial charge in [-0.05, 0) is 44.5 Å². The van der Waals surface area contributed by atoms with Crippen LogP contribution in [-0.2, 0) is 13.1 Å². The summed E-state index contributed by atoms with van der Waals surface area (Å²) in [6.07, 6.45) is 0. The molecule has 0 unspecified atom stereocenters. The molecule has 0 aliphatic carbocycles. The lowest BCUT2D eigenvalue weighted by atomic mass is 10.0. The van der Waals surface area contributed by atoms with Crippen molar-refractivity contribution in [1.29, 1.82) is 0 Å². The first kappa shape index (κ1) is 12.2. The van der Waals surface area contributed by atoms with E-state index in [1.807, 2.05) is 0 Å². The Labute approximate surface area is 93.1 Å². The third-order valence-electron chi connectivity index (χ3n) is 2.94. The van der Waals surface area contributed by atoms with Gasteiger partial charge < -0.3 is 5.73 Å². The third-order valence-corrected chi connectivity index (χ3v) is 2.94. The molecule has 2 heteroatoms. The van der Waals surface area contributed by atoms with Crippen LogP contribution >= 0.6 is 0 Å². The second-order valence-corrected chi connectivity index (χ2v) is 4.47. The molecule has 2 nitrogen and oxygen atoms in total. The van der Waals surface area contributed by atoms with Crippen LogP contribution in [0.25, 0.3) is 0 Å². The Morgan fingerprint density at radius 3 is 2.47 bits per heavy atom. The lowest BCUT2D eigenvalue weighted by molar-refractivity contribution is 0.265. The standard InChI is InChI=1S/C13H22N2/c1-10(2)15(4)9-13-6-5-12(8-14)7-11(13)3/h5-7,10H,8-9,14H2,1-4H3. The maximum atomic E-state index is 5.61. The van der Waals surface area contributed by atoms with Crippen LogP contribution in [0, 0.1) is 6.92 Å². The van der Waals surface area contributed by atoms with E-state index in [1.165, 1.54) is 16.7 Å². The van der Waals surface area contributed by atoms with Crippen LogP contribution in [0.1, 0.15) is 30.5 Å². The topological polar surface area (TPSA) is 29.3 Å². The van der Waals surface area contributed by atoms with Crippen LogP contribution in [0.2, 0.25) is 0 Å². The number of nitrogens with zero attached hydrogens (tertiary/aromatic N) is 1. The second-order valence-electron chi connectivity index (χ2n) is 4.47. The van der Waals surface area contributed by atoms with Crippen molar-refractivity contribution >= 4 is 0 Å². The molecule has 0 aliphatic heterocycles. The van der Waals surface area contributed by atoms with Crippen molar-refractivity contribution in [3.63, 3.8) is 0 Å². The normalized spacial score (nSPS) is 11.4. The highest BCUT2D eigenvalue weighted by Crippen LogP contribution is 2.13. The van der Waals surface area contributed by atoms with Crippen LogP contribution < -0.4 is 5.73 Å². The summed E-state index contributed by atoms with van der Waals surface area (Å²) in [5, 5.41) is 0. The molecule has 15 heavy (non-hydrogen) atoms. The van der Waals surface area contributed by atoms with Gasteiger partial charge in [-0.25, -0.2) is 0 Å². The first-order chi connectivity index (χ1) is 7.04. The van der Waals surface area contributed by atoms with E-state index in [9.17, 15) is 0 Å². The number of hydrogen-bond acceptors (Lipinski definition) is 2. The second kappa shape index (κ2) is 5.29. The predicted molar refractivity (Wildman–Crippen MR) is 65.7 cm³/mol. The molecule has 0 aliphatic rings. The minimum atomic E-state index is 0.582. The summed E-state index contributed by atoms with van der Waals surface area (Å²) in [7, 11) is 2.15. The zero-order chi connectivity index (χ0) is 11.4. The molecule has 0 amide bonds. The number of aryl methyl sites for hydroxylation is 1. The van der Waals surface area contributed by atoms with Crippen molar-refractivity contribution in [2.75, 3.05) is 7.05 Å². The monoisotopic (exact) mass is 206 g/mol. The van der Waals surface area contributed by atoms with Crippen molar-refractivity contribution in [3.05, 3.63) is 34.9 Å². The van der Waals surface area contributed by atoms with Crippen LogP contribution in [0.4, 0.5) is 0 Å². The lowest BCUT2D eigenvalue weighted by Crippen LogP contribution is -2.25. The van der Waals surface area contributed by atoms with E-state index in [1.54, 1.807) is 0 Å². The molecule has 0 spiro atoms. The highest BCUT2D eigenvalue weighted by Gasteiger charge is 2.06. The Morgan fingerprint density at radius 1 is 1.33 bits per heavy atom. The quantitative estimate of drug-likeness (QED) is 0.819. The van der Waals surface area contributed by atoms with Crippen LogP contribution in [0.15, 0.2) is 18.2 Å². The van der Waals surface area contributed by atoms with Gasteiger partial charge in [-0.2, -0.15) is 0 Å². The molecule has 0 atom stereocenters. The minimum absolute atomic E-state index is 0.582. The average Bonchev–Trinajstić information content (AvgIpc) is 2.20. The van der Waals surface area contributed by atoms with Crippen LogP contribution in [0.3, 0.4) is 0 Å². The van der Waals surface area contributed by atoms with Crippen molar-refractivity contribution in [1.82, 2.24) is 4.90 Å². The lowest BCUT2D eigenvalue weighted by Gasteiger charge is -2.22. The molecule has 2 N–H and O–H groups in total. The molecule has 0 aromatic heterocycles. The van der Waals surface area contributed by atoms with E-state index in [0.717, 1.165) is 6.54 Å². The summed E-state index contributed by atoms with van der Waals surface area (Å²) >= 11 is 0. The largest absolute Gasteiger partial charge is 0.326 e. The third kappa shape index (κ3) is 3.33. The SMILES string of the molecule is Cc1cc(CN)ccc1CN(C)C(C)C. The molecule has 1 aromatic rings. The van der Waals surface area contributed by atoms with E-state index >= 15 is 0 Å². The highest BCUT2D eigenvalue weighted by atomic mass is 15.1. The van der Waals surface area contributed by atoms with Crippen molar-refractivity contribution in [3.8, 4) is 0 Å². The molecule has 0 heterocycles. The van der Waals surface area contributed by atoms with E-state index in [2.05, 4.69) is 50.9 Å². The van der Waals surface area contributed by atoms with Gasteiger partial charge in [0, 0.05) is 19.1 Å². The van der Waals surface area contributed by atoms with Crippen molar-refractivity contribution < 1.29 is 0 Å². The summed E-state index contributed by atoms with van der Waals surface area (Å²) < 4.78 is 0. The summed E-state index contributed by atoms with van der Waals surface area (Å²) in [5.74, 6) is 0. The van der Waals surface area contributed by atoms with Gasteiger partial charge in [0.1, 0.15) is 0 Å². The van der Waals surface area contributed by atoms with Crippen LogP contribution in [-0.4, -0.2) is 18.0 Å². The fourth-order valence-electron chi connectivity index (χ4n) is 1.51. The zero-order valence-corrected chi connectivity index (χ0v) is 10.2. The molecular formula is C13H22N2. The Hall–Kier alpha value is -0.860. The van der Waals surface area contributed by atoms with Gasteiger partial charge in [0.15, 0.2) is 0 Å². The minimum Gasteiger partial charge on any atom is -0.326 e. The Balaban J connectivity index is 2.78. The highest BCUT2D eigenvalue weighted by molar-refractivity contribution is 5.30. The molecule has 0 bridgehead atoms. The fourth-order valence-corrected chi connectivity index (χ4v) is 1.51. The number of hydrogen-bond donors (Lipinski definition) is 1. The van der Waals surface area contributed by atoms with Gasteiger partial charge in [-0.1, -0.05) is 18.2 Å². The van der Waals surface area contributed by atoms with Gasteiger partial charge in [0.2, 0.25) is 0 Å². The first-order valence-corrected chi connectivity index (χ1v) is 5.53. The Kier molecular flexibility index (Phi) is 4.30. The maximum Gasteiger partial charge on any atom is 0.0236 e. The molecule has 0 saturated heterocycles. The first-order valence-electron chi connectivity index (χ1n) is 5.53. The summed E-state index contributed by atoms with van der Waals surface area (Å²) in [6, 6.07) is 7.08. The number of rotatable bonds is 4. The number of nitrogens with two attached hydrogens (primary N) is 1. The van der Waals surface area contributed by atoms with Crippen molar-refractivity contribution in [2.24, 2.45) is 5.73 Å². The van der Waals surface area contributed by atoms with Gasteiger partial charge in [-0.15, -0.1) is 0 Å². The molecule has 0 fully saturated rings. The molecule has 0 saturated carbocycles. The van der Waals surface area contributed by atoms with E-state index in [-0.39, 0.29) is 0 Å². The van der Waals surface area contributed by atoms with E-state index in [4.69, 9.17) is 5.73 Å². The zero-order valence-electron chi connectivity index (χ0n) is 10.2. The summed E-state index contributed by atoms with van der Waals surface area (Å²) in [4.78, 5) is 2.34. The predicted octanol–water partition coefficient (Wildman–Crippen LogP) is 2.29. The summed E-state index contributed by atoms with van der Waals surface area (Å²) in [6.45, 7) is 8.21. The van der Waals surface area contributed by atoms with Crippen LogP contribution in [0.5, 0.6) is 0 Å². The summed E-state index contributed by atoms with van der Waals surface area (Å²) in [5.41, 5.74) is 9.55. The number of benzene rings is 1. The Bertz CT molecular complexity index is 318. The van der Waals surface area contributed by atoms with Gasteiger partial charge in [0.25, 0.3) is 0 Å². The molecule has 1 rings (SSSR count). The van der Waals surface area contributed by atoms with Gasteiger partial charge in [-0.3, -0.25) is 4.90 Å². The molecule has 84 valence electrons. The maximum absolute atomic E-state index is 5.61. The molecule has 1 aromatic carbocycles. The van der Waals surface area contributed by atoms with Gasteiger partial charge >= 0.3 is 0 Å². The van der Waals surface area contributed by atoms with Crippen molar-refractivity contribution in [2.45, 2.75) is 39.9 Å². The molecular weight excluding hydrogens is 184 g/mol. The Morgan fingerprint density at radius 2 is 2.00 bits per heavy atom. The van der Waals surface area contributed by atoms with E-state index in [0.29, 0.717) is 12.6 Å². The van der Waals surface area contributed by atoms with E-state index < -0.39 is 0 Å². The molecule has 0 radical (unpaired) electrons. The fraction of sp³-hybridized carbons (Fsp3) is 0.538. The average molecular weight is 206 g/mol. The van der Waals surface area contributed by atoms with Gasteiger partial charge in [0.05, 0.1) is 0 Å².